The average molecular weight is 254 g/mol. The van der Waals surface area contributed by atoms with Crippen LogP contribution in [-0.4, -0.2) is 6.29 Å². The van der Waals surface area contributed by atoms with Crippen molar-refractivity contribution in [2.75, 3.05) is 0 Å². The maximum absolute atomic E-state index is 10.2. The molecule has 2 aliphatic rings. The first-order valence-electron chi connectivity index (χ1n) is 8.32. The van der Waals surface area contributed by atoms with Gasteiger partial charge >= 0.3 is 0 Å². The van der Waals surface area contributed by atoms with Gasteiger partial charge in [0, 0.05) is 5.92 Å². The predicted octanol–water partition coefficient (Wildman–Crippen LogP) is 5.77. The Balaban J connectivity index is 0.000000283. The highest BCUT2D eigenvalue weighted by Crippen LogP contribution is 2.25. The summed E-state index contributed by atoms with van der Waals surface area (Å²) < 4.78 is 0. The monoisotopic (exact) mass is 254 g/mol. The maximum Gasteiger partial charge on any atom is 0.123 e. The van der Waals surface area contributed by atoms with Crippen LogP contribution in [0.15, 0.2) is 0 Å². The molecule has 108 valence electrons. The van der Waals surface area contributed by atoms with Gasteiger partial charge in [-0.15, -0.1) is 0 Å². The highest BCUT2D eigenvalue weighted by molar-refractivity contribution is 5.53. The first-order chi connectivity index (χ1) is 8.86. The van der Waals surface area contributed by atoms with Gasteiger partial charge in [0.2, 0.25) is 0 Å². The lowest BCUT2D eigenvalue weighted by molar-refractivity contribution is -0.111. The second-order valence-corrected chi connectivity index (χ2v) is 5.45. The molecule has 0 unspecified atom stereocenters. The SMILES string of the molecule is CC.CCC1CCCCC1.O=CC1CCCCC1. The van der Waals surface area contributed by atoms with Crippen molar-refractivity contribution in [2.24, 2.45) is 11.8 Å². The second kappa shape index (κ2) is 13.1. The van der Waals surface area contributed by atoms with Crippen LogP contribution in [0.1, 0.15) is 91.4 Å². The molecule has 1 heteroatoms. The summed E-state index contributed by atoms with van der Waals surface area (Å²) in [6.07, 6.45) is 16.2. The van der Waals surface area contributed by atoms with Crippen molar-refractivity contribution in [2.45, 2.75) is 91.4 Å². The topological polar surface area (TPSA) is 17.1 Å². The molecule has 0 bridgehead atoms. The Morgan fingerprint density at radius 2 is 1.28 bits per heavy atom. The van der Waals surface area contributed by atoms with E-state index in [2.05, 4.69) is 6.92 Å². The minimum absolute atomic E-state index is 0.406. The number of rotatable bonds is 2. The summed E-state index contributed by atoms with van der Waals surface area (Å²) in [5.41, 5.74) is 0. The fourth-order valence-corrected chi connectivity index (χ4v) is 2.87. The summed E-state index contributed by atoms with van der Waals surface area (Å²) in [5, 5.41) is 0. The number of carbonyl (C=O) groups is 1. The molecule has 1 nitrogen and oxygen atoms in total. The Morgan fingerprint density at radius 3 is 1.56 bits per heavy atom. The molecular weight excluding hydrogens is 220 g/mol. The van der Waals surface area contributed by atoms with Crippen LogP contribution in [0.5, 0.6) is 0 Å². The first-order valence-corrected chi connectivity index (χ1v) is 8.32. The molecule has 0 aromatic carbocycles. The van der Waals surface area contributed by atoms with Gasteiger partial charge in [0.1, 0.15) is 6.29 Å². The maximum atomic E-state index is 10.2. The summed E-state index contributed by atoms with van der Waals surface area (Å²) in [7, 11) is 0. The summed E-state index contributed by atoms with van der Waals surface area (Å²) in [6, 6.07) is 0. The van der Waals surface area contributed by atoms with E-state index in [0.717, 1.165) is 25.0 Å². The molecule has 2 saturated carbocycles. The van der Waals surface area contributed by atoms with Gasteiger partial charge in [0.05, 0.1) is 0 Å². The lowest BCUT2D eigenvalue weighted by Crippen LogP contribution is -2.06. The Hall–Kier alpha value is -0.330. The van der Waals surface area contributed by atoms with Crippen LogP contribution < -0.4 is 0 Å². The van der Waals surface area contributed by atoms with Crippen molar-refractivity contribution < 1.29 is 4.79 Å². The number of hydrogen-bond acceptors (Lipinski definition) is 1. The predicted molar refractivity (Wildman–Crippen MR) is 80.9 cm³/mol. The van der Waals surface area contributed by atoms with Crippen molar-refractivity contribution in [3.05, 3.63) is 0 Å². The Bertz CT molecular complexity index is 164. The van der Waals surface area contributed by atoms with Crippen molar-refractivity contribution in [3.8, 4) is 0 Å². The minimum Gasteiger partial charge on any atom is -0.303 e. The van der Waals surface area contributed by atoms with Gasteiger partial charge in [0.15, 0.2) is 0 Å². The van der Waals surface area contributed by atoms with E-state index in [1.807, 2.05) is 13.8 Å². The highest BCUT2D eigenvalue weighted by atomic mass is 16.1. The van der Waals surface area contributed by atoms with Crippen molar-refractivity contribution in [1.29, 1.82) is 0 Å². The zero-order valence-corrected chi connectivity index (χ0v) is 12.9. The zero-order chi connectivity index (χ0) is 13.6. The molecule has 0 aromatic rings. The number of hydrogen-bond donors (Lipinski definition) is 0. The third-order valence-corrected chi connectivity index (χ3v) is 4.14. The molecular formula is C17H34O. The van der Waals surface area contributed by atoms with Crippen LogP contribution in [0.2, 0.25) is 0 Å². The van der Waals surface area contributed by atoms with Crippen molar-refractivity contribution in [1.82, 2.24) is 0 Å². The molecule has 18 heavy (non-hydrogen) atoms. The molecule has 0 N–H and O–H groups in total. The van der Waals surface area contributed by atoms with E-state index < -0.39 is 0 Å². The third kappa shape index (κ3) is 8.72. The van der Waals surface area contributed by atoms with Crippen molar-refractivity contribution in [3.63, 3.8) is 0 Å². The van der Waals surface area contributed by atoms with Gasteiger partial charge in [-0.2, -0.15) is 0 Å². The van der Waals surface area contributed by atoms with E-state index in [1.54, 1.807) is 0 Å². The lowest BCUT2D eigenvalue weighted by atomic mass is 9.88. The molecule has 0 aromatic heterocycles. The van der Waals surface area contributed by atoms with Gasteiger partial charge < -0.3 is 4.79 Å². The number of carbonyl (C=O) groups excluding carboxylic acids is 1. The van der Waals surface area contributed by atoms with Gasteiger partial charge in [-0.1, -0.05) is 78.6 Å². The quantitative estimate of drug-likeness (QED) is 0.572. The Morgan fingerprint density at radius 1 is 0.833 bits per heavy atom. The summed E-state index contributed by atoms with van der Waals surface area (Å²) in [4.78, 5) is 10.2. The van der Waals surface area contributed by atoms with Crippen LogP contribution in [0, 0.1) is 11.8 Å². The molecule has 0 spiro atoms. The van der Waals surface area contributed by atoms with E-state index in [4.69, 9.17) is 0 Å². The highest BCUT2D eigenvalue weighted by Gasteiger charge is 2.10. The Labute approximate surface area is 115 Å². The van der Waals surface area contributed by atoms with Crippen LogP contribution in [-0.2, 0) is 4.79 Å². The van der Waals surface area contributed by atoms with E-state index >= 15 is 0 Å². The number of aldehydes is 1. The van der Waals surface area contributed by atoms with Crippen LogP contribution in [0.25, 0.3) is 0 Å². The van der Waals surface area contributed by atoms with Crippen LogP contribution >= 0.6 is 0 Å². The molecule has 2 aliphatic carbocycles. The molecule has 2 rings (SSSR count). The second-order valence-electron chi connectivity index (χ2n) is 5.45. The smallest absolute Gasteiger partial charge is 0.123 e. The Kier molecular flexibility index (Phi) is 12.9. The molecule has 0 heterocycles. The standard InChI is InChI=1S/C8H16.C7H12O.C2H6/c1-2-8-6-4-3-5-7-8;8-6-7-4-2-1-3-5-7;1-2/h8H,2-7H2,1H3;6-7H,1-5H2;1-2H3. The molecule has 0 aliphatic heterocycles. The largest absolute Gasteiger partial charge is 0.303 e. The first kappa shape index (κ1) is 17.7. The average Bonchev–Trinajstić information content (AvgIpc) is 2.51. The normalized spacial score (nSPS) is 21.1. The summed E-state index contributed by atoms with van der Waals surface area (Å²) in [5.74, 6) is 1.49. The molecule has 2 fully saturated rings. The fourth-order valence-electron chi connectivity index (χ4n) is 2.87. The van der Waals surface area contributed by atoms with E-state index in [1.165, 1.54) is 57.8 Å². The van der Waals surface area contributed by atoms with Gasteiger partial charge in [-0.05, 0) is 18.8 Å². The van der Waals surface area contributed by atoms with Gasteiger partial charge in [-0.25, -0.2) is 0 Å². The lowest BCUT2D eigenvalue weighted by Gasteiger charge is -2.18. The third-order valence-electron chi connectivity index (χ3n) is 4.14. The molecule has 0 amide bonds. The summed E-state index contributed by atoms with van der Waals surface area (Å²) >= 11 is 0. The van der Waals surface area contributed by atoms with Crippen molar-refractivity contribution >= 4 is 6.29 Å². The molecule has 0 atom stereocenters. The summed E-state index contributed by atoms with van der Waals surface area (Å²) in [6.45, 7) is 6.32. The van der Waals surface area contributed by atoms with E-state index in [-0.39, 0.29) is 0 Å². The van der Waals surface area contributed by atoms with Gasteiger partial charge in [0.25, 0.3) is 0 Å². The van der Waals surface area contributed by atoms with E-state index in [0.29, 0.717) is 5.92 Å². The fraction of sp³-hybridized carbons (Fsp3) is 0.941. The molecule has 0 radical (unpaired) electrons. The van der Waals surface area contributed by atoms with Crippen LogP contribution in [0.4, 0.5) is 0 Å². The van der Waals surface area contributed by atoms with E-state index in [9.17, 15) is 4.79 Å². The van der Waals surface area contributed by atoms with Crippen LogP contribution in [0.3, 0.4) is 0 Å². The zero-order valence-electron chi connectivity index (χ0n) is 12.9. The molecule has 0 saturated heterocycles. The minimum atomic E-state index is 0.406. The van der Waals surface area contributed by atoms with Gasteiger partial charge in [-0.3, -0.25) is 0 Å².